The molecule has 0 aromatic carbocycles. The van der Waals surface area contributed by atoms with Crippen LogP contribution in [0.2, 0.25) is 0 Å². The number of aliphatic hydroxyl groups is 1. The van der Waals surface area contributed by atoms with Gasteiger partial charge in [0.15, 0.2) is 0 Å². The van der Waals surface area contributed by atoms with Gasteiger partial charge in [0.25, 0.3) is 0 Å². The third kappa shape index (κ3) is 4.67. The van der Waals surface area contributed by atoms with Crippen LogP contribution >= 0.6 is 0 Å². The van der Waals surface area contributed by atoms with Gasteiger partial charge in [0.05, 0.1) is 5.69 Å². The van der Waals surface area contributed by atoms with Gasteiger partial charge < -0.3 is 14.9 Å². The number of nitrogens with one attached hydrogen (secondary N) is 1. The summed E-state index contributed by atoms with van der Waals surface area (Å²) in [7, 11) is 0. The molecule has 2 unspecified atom stereocenters. The van der Waals surface area contributed by atoms with Crippen molar-refractivity contribution in [3.05, 3.63) is 17.0 Å². The summed E-state index contributed by atoms with van der Waals surface area (Å²) in [4.78, 5) is 12.0. The molecule has 2 N–H and O–H groups in total. The molecule has 2 atom stereocenters. The van der Waals surface area contributed by atoms with Crippen LogP contribution in [0.4, 0.5) is 0 Å². The minimum atomic E-state index is -0.113. The van der Waals surface area contributed by atoms with E-state index in [1.165, 1.54) is 0 Å². The van der Waals surface area contributed by atoms with E-state index in [2.05, 4.69) is 10.5 Å². The van der Waals surface area contributed by atoms with Crippen LogP contribution in [0.5, 0.6) is 0 Å². The molecule has 5 nitrogen and oxygen atoms in total. The Morgan fingerprint density at radius 3 is 2.63 bits per heavy atom. The van der Waals surface area contributed by atoms with Crippen molar-refractivity contribution in [1.29, 1.82) is 0 Å². The van der Waals surface area contributed by atoms with Crippen molar-refractivity contribution in [2.75, 3.05) is 13.2 Å². The van der Waals surface area contributed by atoms with Crippen molar-refractivity contribution in [3.8, 4) is 0 Å². The van der Waals surface area contributed by atoms with E-state index in [9.17, 15) is 4.79 Å². The van der Waals surface area contributed by atoms with Gasteiger partial charge in [0, 0.05) is 24.6 Å². The third-order valence-electron chi connectivity index (χ3n) is 3.39. The predicted octanol–water partition coefficient (Wildman–Crippen LogP) is 1.60. The van der Waals surface area contributed by atoms with Crippen LogP contribution in [-0.4, -0.2) is 29.3 Å². The maximum Gasteiger partial charge on any atom is 0.223 e. The first-order chi connectivity index (χ1) is 8.95. The second-order valence-corrected chi connectivity index (χ2v) is 5.27. The van der Waals surface area contributed by atoms with Crippen LogP contribution in [0.3, 0.4) is 0 Å². The van der Waals surface area contributed by atoms with E-state index in [-0.39, 0.29) is 18.4 Å². The number of amides is 1. The highest BCUT2D eigenvalue weighted by Crippen LogP contribution is 2.17. The molecule has 1 amide bonds. The predicted molar refractivity (Wildman–Crippen MR) is 72.7 cm³/mol. The molecule has 108 valence electrons. The quantitative estimate of drug-likeness (QED) is 0.787. The molecular weight excluding hydrogens is 244 g/mol. The first-order valence-electron chi connectivity index (χ1n) is 6.76. The van der Waals surface area contributed by atoms with Gasteiger partial charge in [0.1, 0.15) is 5.76 Å². The Morgan fingerprint density at radius 2 is 2.11 bits per heavy atom. The zero-order valence-electron chi connectivity index (χ0n) is 12.2. The number of aryl methyl sites for hydroxylation is 2. The van der Waals surface area contributed by atoms with Gasteiger partial charge in [-0.2, -0.15) is 0 Å². The molecule has 0 aliphatic rings. The lowest BCUT2D eigenvalue weighted by molar-refractivity contribution is -0.124. The lowest BCUT2D eigenvalue weighted by Gasteiger charge is -2.15. The molecule has 0 saturated carbocycles. The molecule has 19 heavy (non-hydrogen) atoms. The van der Waals surface area contributed by atoms with Gasteiger partial charge in [-0.05, 0) is 32.6 Å². The molecule has 0 aliphatic heterocycles. The third-order valence-corrected chi connectivity index (χ3v) is 3.39. The summed E-state index contributed by atoms with van der Waals surface area (Å²) in [6, 6.07) is 0. The number of aromatic nitrogens is 1. The number of nitrogens with zero attached hydrogens (tertiary/aromatic N) is 1. The molecule has 1 aromatic rings. The topological polar surface area (TPSA) is 75.4 Å². The first kappa shape index (κ1) is 15.7. The number of hydrogen-bond donors (Lipinski definition) is 2. The molecule has 0 saturated heterocycles. The number of carbonyl (C=O) groups is 1. The maximum absolute atomic E-state index is 12.0. The summed E-state index contributed by atoms with van der Waals surface area (Å²) in [6.45, 7) is 8.42. The van der Waals surface area contributed by atoms with Gasteiger partial charge in [-0.15, -0.1) is 0 Å². The zero-order chi connectivity index (χ0) is 14.4. The number of carbonyl (C=O) groups excluding carboxylic acids is 1. The Labute approximate surface area is 114 Å². The van der Waals surface area contributed by atoms with E-state index in [1.807, 2.05) is 27.7 Å². The highest BCUT2D eigenvalue weighted by Gasteiger charge is 2.18. The van der Waals surface area contributed by atoms with Gasteiger partial charge in [-0.3, -0.25) is 4.79 Å². The zero-order valence-corrected chi connectivity index (χ0v) is 12.2. The molecule has 1 rings (SSSR count). The fourth-order valence-electron chi connectivity index (χ4n) is 1.96. The Kier molecular flexibility index (Phi) is 6.02. The van der Waals surface area contributed by atoms with Gasteiger partial charge in [0.2, 0.25) is 5.91 Å². The second kappa shape index (κ2) is 7.28. The van der Waals surface area contributed by atoms with E-state index in [0.717, 1.165) is 17.0 Å². The summed E-state index contributed by atoms with van der Waals surface area (Å²) in [5.74, 6) is 0.994. The van der Waals surface area contributed by atoms with Crippen molar-refractivity contribution < 1.29 is 14.4 Å². The molecule has 0 bridgehead atoms. The monoisotopic (exact) mass is 268 g/mol. The van der Waals surface area contributed by atoms with E-state index < -0.39 is 0 Å². The summed E-state index contributed by atoms with van der Waals surface area (Å²) in [5.41, 5.74) is 1.87. The molecule has 5 heteroatoms. The van der Waals surface area contributed by atoms with Crippen molar-refractivity contribution >= 4 is 5.91 Å². The van der Waals surface area contributed by atoms with Crippen molar-refractivity contribution in [1.82, 2.24) is 10.5 Å². The van der Waals surface area contributed by atoms with Crippen molar-refractivity contribution in [2.24, 2.45) is 11.8 Å². The summed E-state index contributed by atoms with van der Waals surface area (Å²) in [5, 5.41) is 15.6. The van der Waals surface area contributed by atoms with Crippen LogP contribution in [0.1, 0.15) is 37.3 Å². The number of hydrogen-bond acceptors (Lipinski definition) is 4. The van der Waals surface area contributed by atoms with E-state index in [4.69, 9.17) is 9.63 Å². The molecule has 0 radical (unpaired) electrons. The number of aliphatic hydroxyl groups excluding tert-OH is 1. The highest BCUT2D eigenvalue weighted by molar-refractivity contribution is 5.78. The Bertz CT molecular complexity index is 395. The van der Waals surface area contributed by atoms with Gasteiger partial charge in [-0.25, -0.2) is 0 Å². The maximum atomic E-state index is 12.0. The van der Waals surface area contributed by atoms with E-state index >= 15 is 0 Å². The standard InChI is InChI=1S/C14H24N2O3/c1-9(5-6-17)8-15-14(18)10(2)7-13-11(3)16-19-12(13)4/h9-10,17H,5-8H2,1-4H3,(H,15,18). The molecule has 0 fully saturated rings. The summed E-state index contributed by atoms with van der Waals surface area (Å²) >= 11 is 0. The smallest absolute Gasteiger partial charge is 0.223 e. The lowest BCUT2D eigenvalue weighted by Crippen LogP contribution is -2.33. The summed E-state index contributed by atoms with van der Waals surface area (Å²) in [6.07, 6.45) is 1.35. The largest absolute Gasteiger partial charge is 0.396 e. The van der Waals surface area contributed by atoms with Crippen LogP contribution in [-0.2, 0) is 11.2 Å². The normalized spacial score (nSPS) is 14.2. The minimum absolute atomic E-state index is 0.0322. The Hall–Kier alpha value is -1.36. The molecule has 0 spiro atoms. The first-order valence-corrected chi connectivity index (χ1v) is 6.76. The van der Waals surface area contributed by atoms with Crippen molar-refractivity contribution in [2.45, 2.75) is 40.5 Å². The molecule has 1 aromatic heterocycles. The minimum Gasteiger partial charge on any atom is -0.396 e. The average Bonchev–Trinajstić information content (AvgIpc) is 2.68. The fourth-order valence-corrected chi connectivity index (χ4v) is 1.96. The highest BCUT2D eigenvalue weighted by atomic mass is 16.5. The molecular formula is C14H24N2O3. The van der Waals surface area contributed by atoms with Gasteiger partial charge >= 0.3 is 0 Å². The fraction of sp³-hybridized carbons (Fsp3) is 0.714. The number of rotatable bonds is 7. The van der Waals surface area contributed by atoms with Crippen LogP contribution in [0.15, 0.2) is 4.52 Å². The van der Waals surface area contributed by atoms with Crippen LogP contribution in [0.25, 0.3) is 0 Å². The summed E-state index contributed by atoms with van der Waals surface area (Å²) < 4.78 is 5.10. The van der Waals surface area contributed by atoms with Crippen molar-refractivity contribution in [3.63, 3.8) is 0 Å². The van der Waals surface area contributed by atoms with Crippen LogP contribution in [0, 0.1) is 25.7 Å². The average molecular weight is 268 g/mol. The molecule has 0 aliphatic carbocycles. The van der Waals surface area contributed by atoms with E-state index in [0.29, 0.717) is 25.3 Å². The lowest BCUT2D eigenvalue weighted by atomic mass is 9.99. The molecule has 1 heterocycles. The SMILES string of the molecule is Cc1noc(C)c1CC(C)C(=O)NCC(C)CCO. The van der Waals surface area contributed by atoms with E-state index in [1.54, 1.807) is 0 Å². The van der Waals surface area contributed by atoms with Gasteiger partial charge in [-0.1, -0.05) is 19.0 Å². The Morgan fingerprint density at radius 1 is 1.42 bits per heavy atom. The second-order valence-electron chi connectivity index (χ2n) is 5.27. The Balaban J connectivity index is 2.45. The van der Waals surface area contributed by atoms with Crippen LogP contribution < -0.4 is 5.32 Å².